The molecule has 0 atom stereocenters. The number of benzene rings is 3. The average molecular weight is 507 g/mol. The van der Waals surface area contributed by atoms with Crippen LogP contribution in [0.5, 0.6) is 5.75 Å². The molecule has 4 aromatic rings. The number of thiazole rings is 1. The minimum absolute atomic E-state index is 0.0248. The van der Waals surface area contributed by atoms with Gasteiger partial charge in [0.2, 0.25) is 0 Å². The van der Waals surface area contributed by atoms with Crippen LogP contribution in [0.25, 0.3) is 6.08 Å². The molecule has 0 radical (unpaired) electrons. The Morgan fingerprint density at radius 2 is 1.73 bits per heavy atom. The SMILES string of the molecule is N#CC(=Cc1ccc(OCc2ccccc2)cc1)C(=O)Nc1nc2c(s1)CN(Cc1ccccc1)CC2. The topological polar surface area (TPSA) is 78.2 Å². The van der Waals surface area contributed by atoms with Gasteiger partial charge < -0.3 is 4.74 Å². The van der Waals surface area contributed by atoms with Gasteiger partial charge in [-0.25, -0.2) is 4.98 Å². The summed E-state index contributed by atoms with van der Waals surface area (Å²) < 4.78 is 5.81. The van der Waals surface area contributed by atoms with Crippen LogP contribution in [0, 0.1) is 11.3 Å². The summed E-state index contributed by atoms with van der Waals surface area (Å²) in [6.07, 6.45) is 2.42. The number of carbonyl (C=O) groups is 1. The van der Waals surface area contributed by atoms with E-state index < -0.39 is 5.91 Å². The Morgan fingerprint density at radius 3 is 2.43 bits per heavy atom. The Morgan fingerprint density at radius 1 is 1.03 bits per heavy atom. The monoisotopic (exact) mass is 506 g/mol. The second-order valence-corrected chi connectivity index (χ2v) is 9.89. The summed E-state index contributed by atoms with van der Waals surface area (Å²) in [6, 6.07) is 29.7. The molecule has 1 aliphatic rings. The van der Waals surface area contributed by atoms with E-state index in [4.69, 9.17) is 4.74 Å². The lowest BCUT2D eigenvalue weighted by Crippen LogP contribution is -2.29. The fourth-order valence-electron chi connectivity index (χ4n) is 4.16. The number of nitrogens with one attached hydrogen (secondary N) is 1. The molecule has 1 N–H and O–H groups in total. The number of ether oxygens (including phenoxy) is 1. The van der Waals surface area contributed by atoms with Crippen molar-refractivity contribution in [1.82, 2.24) is 9.88 Å². The van der Waals surface area contributed by atoms with Crippen LogP contribution in [0.3, 0.4) is 0 Å². The Kier molecular flexibility index (Phi) is 7.70. The number of aromatic nitrogens is 1. The number of rotatable bonds is 8. The van der Waals surface area contributed by atoms with Gasteiger partial charge >= 0.3 is 0 Å². The average Bonchev–Trinajstić information content (AvgIpc) is 3.33. The summed E-state index contributed by atoms with van der Waals surface area (Å²) >= 11 is 1.48. The number of amides is 1. The number of hydrogen-bond donors (Lipinski definition) is 1. The lowest BCUT2D eigenvalue weighted by Gasteiger charge is -2.25. The van der Waals surface area contributed by atoms with Gasteiger partial charge in [0.05, 0.1) is 5.69 Å². The molecule has 5 rings (SSSR count). The second kappa shape index (κ2) is 11.7. The maximum absolute atomic E-state index is 12.8. The molecule has 1 aliphatic heterocycles. The molecule has 184 valence electrons. The van der Waals surface area contributed by atoms with Gasteiger partial charge in [-0.2, -0.15) is 5.26 Å². The lowest BCUT2D eigenvalue weighted by molar-refractivity contribution is -0.112. The van der Waals surface area contributed by atoms with Gasteiger partial charge in [-0.05, 0) is 34.9 Å². The van der Waals surface area contributed by atoms with Gasteiger partial charge in [-0.3, -0.25) is 15.0 Å². The van der Waals surface area contributed by atoms with Crippen molar-refractivity contribution >= 4 is 28.5 Å². The van der Waals surface area contributed by atoms with E-state index in [0.717, 1.165) is 53.5 Å². The molecule has 0 saturated heterocycles. The molecule has 0 aliphatic carbocycles. The minimum atomic E-state index is -0.459. The molecule has 3 aromatic carbocycles. The van der Waals surface area contributed by atoms with Crippen LogP contribution >= 0.6 is 11.3 Å². The molecule has 0 fully saturated rings. The zero-order chi connectivity index (χ0) is 25.5. The molecule has 0 bridgehead atoms. The first kappa shape index (κ1) is 24.4. The zero-order valence-electron chi connectivity index (χ0n) is 20.3. The Balaban J connectivity index is 1.19. The van der Waals surface area contributed by atoms with Crippen molar-refractivity contribution in [3.05, 3.63) is 118 Å². The third kappa shape index (κ3) is 6.50. The van der Waals surface area contributed by atoms with E-state index in [0.29, 0.717) is 11.7 Å². The second-order valence-electron chi connectivity index (χ2n) is 8.80. The van der Waals surface area contributed by atoms with Gasteiger partial charge in [-0.1, -0.05) is 72.8 Å². The zero-order valence-corrected chi connectivity index (χ0v) is 21.1. The van der Waals surface area contributed by atoms with Crippen molar-refractivity contribution in [1.29, 1.82) is 5.26 Å². The minimum Gasteiger partial charge on any atom is -0.489 e. The van der Waals surface area contributed by atoms with Gasteiger partial charge in [0.15, 0.2) is 5.13 Å². The van der Waals surface area contributed by atoms with E-state index in [1.807, 2.05) is 66.7 Å². The van der Waals surface area contributed by atoms with Crippen LogP contribution in [0.1, 0.15) is 27.3 Å². The highest BCUT2D eigenvalue weighted by atomic mass is 32.1. The maximum atomic E-state index is 12.8. The van der Waals surface area contributed by atoms with E-state index in [1.54, 1.807) is 6.08 Å². The summed E-state index contributed by atoms with van der Waals surface area (Å²) in [5.74, 6) is 0.262. The highest BCUT2D eigenvalue weighted by Crippen LogP contribution is 2.29. The van der Waals surface area contributed by atoms with Gasteiger partial charge in [-0.15, -0.1) is 11.3 Å². The number of nitriles is 1. The Bertz CT molecular complexity index is 1420. The smallest absolute Gasteiger partial charge is 0.268 e. The lowest BCUT2D eigenvalue weighted by atomic mass is 10.1. The molecule has 0 saturated carbocycles. The normalized spacial score (nSPS) is 13.4. The maximum Gasteiger partial charge on any atom is 0.268 e. The largest absolute Gasteiger partial charge is 0.489 e. The van der Waals surface area contributed by atoms with Gasteiger partial charge in [0, 0.05) is 30.9 Å². The van der Waals surface area contributed by atoms with E-state index in [9.17, 15) is 10.1 Å². The number of carbonyl (C=O) groups excluding carboxylic acids is 1. The molecular formula is C30H26N4O2S. The predicted octanol–water partition coefficient (Wildman–Crippen LogP) is 5.83. The van der Waals surface area contributed by atoms with Crippen molar-refractivity contribution in [2.75, 3.05) is 11.9 Å². The molecule has 7 heteroatoms. The number of fused-ring (bicyclic) bond motifs is 1. The van der Waals surface area contributed by atoms with Crippen LogP contribution in [0.4, 0.5) is 5.13 Å². The van der Waals surface area contributed by atoms with E-state index >= 15 is 0 Å². The van der Waals surface area contributed by atoms with Crippen molar-refractivity contribution in [3.8, 4) is 11.8 Å². The highest BCUT2D eigenvalue weighted by Gasteiger charge is 2.22. The molecule has 1 amide bonds. The molecule has 37 heavy (non-hydrogen) atoms. The van der Waals surface area contributed by atoms with Crippen LogP contribution in [-0.2, 0) is 30.9 Å². The standard InChI is InChI=1S/C30H26N4O2S/c31-18-25(17-22-11-13-26(14-12-22)36-21-24-9-5-2-6-10-24)29(35)33-30-32-27-15-16-34(20-28(27)37-30)19-23-7-3-1-4-8-23/h1-14,17H,15-16,19-21H2,(H,32,33,35). The molecule has 2 heterocycles. The predicted molar refractivity (Wildman–Crippen MR) is 146 cm³/mol. The fraction of sp³-hybridized carbons (Fsp3) is 0.167. The van der Waals surface area contributed by atoms with E-state index in [-0.39, 0.29) is 5.57 Å². The summed E-state index contributed by atoms with van der Waals surface area (Å²) in [4.78, 5) is 21.0. The summed E-state index contributed by atoms with van der Waals surface area (Å²) in [7, 11) is 0. The molecule has 0 unspecified atom stereocenters. The summed E-state index contributed by atoms with van der Waals surface area (Å²) in [5.41, 5.74) is 4.16. The first-order valence-electron chi connectivity index (χ1n) is 12.1. The quantitative estimate of drug-likeness (QED) is 0.240. The molecule has 0 spiro atoms. The summed E-state index contributed by atoms with van der Waals surface area (Å²) in [5, 5.41) is 13.0. The van der Waals surface area contributed by atoms with Crippen molar-refractivity contribution < 1.29 is 9.53 Å². The first-order valence-corrected chi connectivity index (χ1v) is 12.9. The first-order chi connectivity index (χ1) is 18.2. The number of anilines is 1. The number of hydrogen-bond acceptors (Lipinski definition) is 6. The van der Waals surface area contributed by atoms with Crippen LogP contribution in [0.15, 0.2) is 90.5 Å². The molecule has 1 aromatic heterocycles. The highest BCUT2D eigenvalue weighted by molar-refractivity contribution is 7.15. The third-order valence-electron chi connectivity index (χ3n) is 6.08. The van der Waals surface area contributed by atoms with Crippen molar-refractivity contribution in [2.45, 2.75) is 26.1 Å². The van der Waals surface area contributed by atoms with Crippen molar-refractivity contribution in [3.63, 3.8) is 0 Å². The number of nitrogens with zero attached hydrogens (tertiary/aromatic N) is 3. The molecule has 6 nitrogen and oxygen atoms in total. The van der Waals surface area contributed by atoms with Crippen LogP contribution < -0.4 is 10.1 Å². The summed E-state index contributed by atoms with van der Waals surface area (Å²) in [6.45, 7) is 3.09. The van der Waals surface area contributed by atoms with Gasteiger partial charge in [0.25, 0.3) is 5.91 Å². The van der Waals surface area contributed by atoms with Crippen LogP contribution in [0.2, 0.25) is 0 Å². The Labute approximate surface area is 220 Å². The van der Waals surface area contributed by atoms with E-state index in [2.05, 4.69) is 39.5 Å². The van der Waals surface area contributed by atoms with E-state index in [1.165, 1.54) is 16.9 Å². The van der Waals surface area contributed by atoms with Crippen molar-refractivity contribution in [2.24, 2.45) is 0 Å². The third-order valence-corrected chi connectivity index (χ3v) is 7.08. The van der Waals surface area contributed by atoms with Gasteiger partial charge in [0.1, 0.15) is 24.0 Å². The fourth-order valence-corrected chi connectivity index (χ4v) is 5.20. The van der Waals surface area contributed by atoms with Crippen LogP contribution in [-0.4, -0.2) is 22.3 Å². The molecular weight excluding hydrogens is 480 g/mol. The Hall–Kier alpha value is -4.25.